The smallest absolute Gasteiger partial charge is 0.388 e. The van der Waals surface area contributed by atoms with Gasteiger partial charge in [-0.2, -0.15) is 25.8 Å². The molecule has 0 radical (unpaired) electrons. The number of fused-ring (bicyclic) bond motifs is 4. The highest BCUT2D eigenvalue weighted by molar-refractivity contribution is 7.79. The molecule has 2 unspecified atom stereocenters. The number of benzene rings is 1. The monoisotopic (exact) mass is 591 g/mol. The number of rotatable bonds is 2. The van der Waals surface area contributed by atoms with Crippen LogP contribution in [0.25, 0.3) is 0 Å². The van der Waals surface area contributed by atoms with Gasteiger partial charge in [-0.3, -0.25) is 4.98 Å². The average Bonchev–Trinajstić information content (AvgIpc) is 3.33. The van der Waals surface area contributed by atoms with Crippen molar-refractivity contribution in [1.29, 1.82) is 0 Å². The zero-order valence-electron chi connectivity index (χ0n) is 25.8. The molecule has 2 atom stereocenters. The van der Waals surface area contributed by atoms with Crippen LogP contribution in [0.4, 0.5) is 13.2 Å². The topological polar surface area (TPSA) is 42.4 Å². The number of halogens is 3. The van der Waals surface area contributed by atoms with E-state index in [1.54, 1.807) is 18.4 Å². The average molecular weight is 592 g/mol. The van der Waals surface area contributed by atoms with Crippen LogP contribution >= 0.6 is 12.6 Å². The van der Waals surface area contributed by atoms with E-state index in [1.807, 2.05) is 0 Å². The molecular weight excluding hydrogens is 543 g/mol. The molecular formula is C34H48F3NO2S. The number of thiol groups is 1. The molecule has 1 aromatic carbocycles. The minimum atomic E-state index is -4.37. The Kier molecular flexibility index (Phi) is 9.34. The summed E-state index contributed by atoms with van der Waals surface area (Å²) in [7, 11) is 0. The number of pyridine rings is 1. The summed E-state index contributed by atoms with van der Waals surface area (Å²) >= 11 is 3.53. The van der Waals surface area contributed by atoms with E-state index in [0.29, 0.717) is 5.41 Å². The molecule has 7 heteroatoms. The number of nitrogens with zero attached hydrogens (tertiary/aromatic N) is 1. The second-order valence-corrected chi connectivity index (χ2v) is 13.9. The highest BCUT2D eigenvalue weighted by Gasteiger charge is 2.55. The Balaban J connectivity index is 0.000000433. The number of hydrogen-bond acceptors (Lipinski definition) is 4. The fourth-order valence-corrected chi connectivity index (χ4v) is 6.61. The first-order chi connectivity index (χ1) is 19.2. The molecule has 0 saturated heterocycles. The molecule has 3 aliphatic carbocycles. The molecule has 2 fully saturated rings. The second kappa shape index (κ2) is 11.8. The van der Waals surface area contributed by atoms with E-state index >= 15 is 0 Å². The highest BCUT2D eigenvalue weighted by Crippen LogP contribution is 2.63. The van der Waals surface area contributed by atoms with E-state index in [1.165, 1.54) is 6.42 Å². The van der Waals surface area contributed by atoms with Crippen LogP contribution in [0.5, 0.6) is 0 Å². The quantitative estimate of drug-likeness (QED) is 0.342. The van der Waals surface area contributed by atoms with Gasteiger partial charge in [-0.15, -0.1) is 0 Å². The van der Waals surface area contributed by atoms with Crippen molar-refractivity contribution in [3.8, 4) is 0 Å². The molecule has 3 nitrogen and oxygen atoms in total. The van der Waals surface area contributed by atoms with Gasteiger partial charge in [0.05, 0.1) is 17.3 Å². The first-order valence-corrected chi connectivity index (χ1v) is 16.1. The van der Waals surface area contributed by atoms with Gasteiger partial charge in [-0.05, 0) is 84.8 Å². The zero-order valence-corrected chi connectivity index (χ0v) is 26.7. The predicted octanol–water partition coefficient (Wildman–Crippen LogP) is 9.86. The van der Waals surface area contributed by atoms with Gasteiger partial charge in [0.25, 0.3) is 0 Å². The molecule has 41 heavy (non-hydrogen) atoms. The molecule has 4 aliphatic rings. The number of aliphatic hydroxyl groups is 1. The van der Waals surface area contributed by atoms with Crippen molar-refractivity contribution in [2.24, 2.45) is 10.8 Å². The molecule has 6 rings (SSSR count). The molecule has 228 valence electrons. The van der Waals surface area contributed by atoms with Crippen molar-refractivity contribution in [2.75, 3.05) is 6.26 Å². The molecule has 2 aromatic rings. The molecule has 1 aliphatic heterocycles. The second-order valence-electron chi connectivity index (χ2n) is 13.9. The van der Waals surface area contributed by atoms with E-state index in [-0.39, 0.29) is 11.3 Å². The largest absolute Gasteiger partial charge is 0.416 e. The van der Waals surface area contributed by atoms with Gasteiger partial charge < -0.3 is 9.84 Å². The predicted molar refractivity (Wildman–Crippen MR) is 162 cm³/mol. The molecule has 1 aromatic heterocycles. The van der Waals surface area contributed by atoms with Crippen LogP contribution in [-0.4, -0.2) is 16.3 Å². The Hall–Kier alpha value is -1.57. The molecule has 2 saturated carbocycles. The normalized spacial score (nSPS) is 23.4. The van der Waals surface area contributed by atoms with Gasteiger partial charge in [0, 0.05) is 22.5 Å². The summed E-state index contributed by atoms with van der Waals surface area (Å²) in [5.41, 5.74) is 5.41. The minimum Gasteiger partial charge on any atom is -0.388 e. The van der Waals surface area contributed by atoms with E-state index in [4.69, 9.17) is 9.72 Å². The fraction of sp³-hybridized carbons (Fsp3) is 0.676. The molecule has 0 bridgehead atoms. The summed E-state index contributed by atoms with van der Waals surface area (Å²) in [5.74, 6) is 0.148. The van der Waals surface area contributed by atoms with Crippen LogP contribution in [0, 0.1) is 10.8 Å². The van der Waals surface area contributed by atoms with Gasteiger partial charge in [0.1, 0.15) is 6.10 Å². The lowest BCUT2D eigenvalue weighted by Crippen LogP contribution is -2.29. The summed E-state index contributed by atoms with van der Waals surface area (Å²) in [5, 5.41) is 11.3. The first kappa shape index (κ1) is 32.3. The molecule has 2 heterocycles. The van der Waals surface area contributed by atoms with Gasteiger partial charge in [-0.25, -0.2) is 0 Å². The van der Waals surface area contributed by atoms with Gasteiger partial charge in [0.2, 0.25) is 0 Å². The molecule has 0 amide bonds. The Morgan fingerprint density at radius 1 is 1.00 bits per heavy atom. The third kappa shape index (κ3) is 6.52. The van der Waals surface area contributed by atoms with Crippen LogP contribution in [0.15, 0.2) is 24.3 Å². The Labute approximate surface area is 250 Å². The summed E-state index contributed by atoms with van der Waals surface area (Å²) in [6, 6.07) is 5.38. The lowest BCUT2D eigenvalue weighted by atomic mass is 9.74. The summed E-state index contributed by atoms with van der Waals surface area (Å²) in [4.78, 5) is 5.14. The summed E-state index contributed by atoms with van der Waals surface area (Å²) < 4.78 is 46.4. The van der Waals surface area contributed by atoms with E-state index in [0.717, 1.165) is 97.1 Å². The zero-order chi connectivity index (χ0) is 30.4. The molecule has 1 N–H and O–H groups in total. The number of ether oxygens (including phenoxy) is 1. The van der Waals surface area contributed by atoms with Gasteiger partial charge in [0.15, 0.2) is 0 Å². The van der Waals surface area contributed by atoms with Crippen LogP contribution in [0.3, 0.4) is 0 Å². The van der Waals surface area contributed by atoms with Gasteiger partial charge in [-0.1, -0.05) is 72.9 Å². The van der Waals surface area contributed by atoms with Crippen molar-refractivity contribution in [3.05, 3.63) is 63.5 Å². The van der Waals surface area contributed by atoms with Crippen molar-refractivity contribution in [2.45, 2.75) is 129 Å². The maximum atomic E-state index is 13.2. The van der Waals surface area contributed by atoms with Crippen molar-refractivity contribution >= 4 is 12.6 Å². The Bertz CT molecular complexity index is 1210. The maximum absolute atomic E-state index is 13.2. The van der Waals surface area contributed by atoms with Crippen LogP contribution in [0.1, 0.15) is 150 Å². The van der Waals surface area contributed by atoms with Gasteiger partial charge >= 0.3 is 6.18 Å². The van der Waals surface area contributed by atoms with Crippen molar-refractivity contribution < 1.29 is 23.0 Å². The van der Waals surface area contributed by atoms with Crippen LogP contribution < -0.4 is 0 Å². The highest BCUT2D eigenvalue weighted by atomic mass is 32.1. The minimum absolute atomic E-state index is 0.148. The van der Waals surface area contributed by atoms with Crippen molar-refractivity contribution in [3.63, 3.8) is 0 Å². The summed E-state index contributed by atoms with van der Waals surface area (Å²) in [6.07, 6.45) is 5.42. The third-order valence-electron chi connectivity index (χ3n) is 9.46. The summed E-state index contributed by atoms with van der Waals surface area (Å²) in [6.45, 7) is 13.2. The lowest BCUT2D eigenvalue weighted by molar-refractivity contribution is -0.137. The lowest BCUT2D eigenvalue weighted by Gasteiger charge is -2.34. The Morgan fingerprint density at radius 3 is 2.02 bits per heavy atom. The fourth-order valence-electron chi connectivity index (χ4n) is 6.61. The number of hydrogen-bond donors (Lipinski definition) is 2. The van der Waals surface area contributed by atoms with Crippen LogP contribution in [-0.2, 0) is 22.9 Å². The first-order valence-electron chi connectivity index (χ1n) is 15.2. The van der Waals surface area contributed by atoms with Crippen molar-refractivity contribution in [1.82, 2.24) is 4.98 Å². The SMILES string of the molecule is CC(C)c1nc2c(c3c1C(c1ccc(C(F)(F)F)cc1)OC31CCCC1)C(O)CC1(CC1)C2.CCC(C)(C)C.CS. The third-order valence-corrected chi connectivity index (χ3v) is 9.46. The Morgan fingerprint density at radius 2 is 1.56 bits per heavy atom. The maximum Gasteiger partial charge on any atom is 0.416 e. The standard InChI is InChI=1S/C27H30F3NO2.C6H14.CH4S/c1-15(2)23-21-22(20-18(31-23)13-25(11-12-25)14-19(20)32)26(9-3-4-10-26)33-24(21)16-5-7-17(8-6-16)27(28,29)30;1-5-6(2,3)4;1-2/h5-8,15,19,24,32H,3-4,9-14H2,1-2H3;5H2,1-4H3;2H,1H3. The van der Waals surface area contributed by atoms with Crippen LogP contribution in [0.2, 0.25) is 0 Å². The number of aliphatic hydroxyl groups excluding tert-OH is 1. The van der Waals surface area contributed by atoms with E-state index in [9.17, 15) is 18.3 Å². The number of aromatic nitrogens is 1. The molecule has 2 spiro atoms. The van der Waals surface area contributed by atoms with E-state index in [2.05, 4.69) is 54.2 Å². The van der Waals surface area contributed by atoms with E-state index < -0.39 is 29.5 Å². The number of alkyl halides is 3.